The van der Waals surface area contributed by atoms with Gasteiger partial charge in [0.05, 0.1) is 0 Å². The molecule has 1 radical (unpaired) electrons. The van der Waals surface area contributed by atoms with E-state index < -0.39 is 0 Å². The highest BCUT2D eigenvalue weighted by molar-refractivity contribution is 4.56. The SMILES string of the molecule is [CH2]CCC(C)CCCCCCCCCCCCCCCCCCCCCCCCCC. The summed E-state index contributed by atoms with van der Waals surface area (Å²) in [5.41, 5.74) is 0. The van der Waals surface area contributed by atoms with Crippen molar-refractivity contribution >= 4 is 0 Å². The van der Waals surface area contributed by atoms with Crippen molar-refractivity contribution in [2.75, 3.05) is 0 Å². The van der Waals surface area contributed by atoms with Crippen LogP contribution in [0.5, 0.6) is 0 Å². The first kappa shape index (κ1) is 31.0. The van der Waals surface area contributed by atoms with E-state index in [1.54, 1.807) is 0 Å². The van der Waals surface area contributed by atoms with Gasteiger partial charge in [-0.2, -0.15) is 0 Å². The average molecular weight is 436 g/mol. The van der Waals surface area contributed by atoms with Gasteiger partial charge < -0.3 is 0 Å². The lowest BCUT2D eigenvalue weighted by Gasteiger charge is -2.09. The van der Waals surface area contributed by atoms with Gasteiger partial charge in [-0.1, -0.05) is 194 Å². The summed E-state index contributed by atoms with van der Waals surface area (Å²) < 4.78 is 0. The quantitative estimate of drug-likeness (QED) is 0.112. The fourth-order valence-electron chi connectivity index (χ4n) is 4.95. The lowest BCUT2D eigenvalue weighted by molar-refractivity contribution is 0.456. The smallest absolute Gasteiger partial charge is 0.0443 e. The molecule has 0 spiro atoms. The van der Waals surface area contributed by atoms with E-state index >= 15 is 0 Å². The van der Waals surface area contributed by atoms with Crippen LogP contribution in [0, 0.1) is 12.8 Å². The van der Waals surface area contributed by atoms with E-state index in [9.17, 15) is 0 Å². The molecule has 0 heterocycles. The summed E-state index contributed by atoms with van der Waals surface area (Å²) in [5.74, 6) is 0.900. The zero-order chi connectivity index (χ0) is 22.7. The number of hydrogen-bond acceptors (Lipinski definition) is 0. The maximum atomic E-state index is 3.97. The molecular weight excluding hydrogens is 372 g/mol. The van der Waals surface area contributed by atoms with Crippen molar-refractivity contribution in [3.8, 4) is 0 Å². The number of hydrogen-bond donors (Lipinski definition) is 0. The minimum Gasteiger partial charge on any atom is -0.0654 e. The summed E-state index contributed by atoms with van der Waals surface area (Å²) >= 11 is 0. The number of unbranched alkanes of at least 4 members (excludes halogenated alkanes) is 23. The molecule has 31 heavy (non-hydrogen) atoms. The van der Waals surface area contributed by atoms with Crippen LogP contribution in [-0.2, 0) is 0 Å². The number of rotatable bonds is 27. The topological polar surface area (TPSA) is 0 Å². The van der Waals surface area contributed by atoms with E-state index in [1.165, 1.54) is 167 Å². The summed E-state index contributed by atoms with van der Waals surface area (Å²) in [6, 6.07) is 0. The van der Waals surface area contributed by atoms with Crippen LogP contribution in [0.25, 0.3) is 0 Å². The van der Waals surface area contributed by atoms with Crippen LogP contribution in [0.3, 0.4) is 0 Å². The predicted molar refractivity (Wildman–Crippen MR) is 145 cm³/mol. The largest absolute Gasteiger partial charge is 0.0654 e. The molecule has 0 amide bonds. The van der Waals surface area contributed by atoms with Crippen molar-refractivity contribution in [2.45, 2.75) is 187 Å². The first-order valence-electron chi connectivity index (χ1n) is 15.1. The normalized spacial score (nSPS) is 12.5. The molecule has 0 aliphatic carbocycles. The average Bonchev–Trinajstić information content (AvgIpc) is 2.77. The van der Waals surface area contributed by atoms with E-state index in [-0.39, 0.29) is 0 Å². The summed E-state index contributed by atoms with van der Waals surface area (Å²) in [5, 5.41) is 0. The Labute approximate surface area is 200 Å². The monoisotopic (exact) mass is 435 g/mol. The van der Waals surface area contributed by atoms with Crippen molar-refractivity contribution in [3.05, 3.63) is 6.92 Å². The third-order valence-electron chi connectivity index (χ3n) is 7.25. The Balaban J connectivity index is 3.02. The van der Waals surface area contributed by atoms with Gasteiger partial charge in [0, 0.05) is 0 Å². The van der Waals surface area contributed by atoms with Crippen molar-refractivity contribution in [2.24, 2.45) is 5.92 Å². The van der Waals surface area contributed by atoms with Crippen LogP contribution in [0.2, 0.25) is 0 Å². The molecule has 0 heteroatoms. The zero-order valence-electron chi connectivity index (χ0n) is 22.4. The van der Waals surface area contributed by atoms with Gasteiger partial charge >= 0.3 is 0 Å². The lowest BCUT2D eigenvalue weighted by atomic mass is 9.98. The summed E-state index contributed by atoms with van der Waals surface area (Å²) in [6.07, 6.45) is 39.3. The second-order valence-corrected chi connectivity index (χ2v) is 10.7. The van der Waals surface area contributed by atoms with Crippen molar-refractivity contribution in [3.63, 3.8) is 0 Å². The molecule has 0 fully saturated rings. The molecule has 0 saturated heterocycles. The predicted octanol–water partition coefficient (Wildman–Crippen LogP) is 12.0. The minimum atomic E-state index is 0.900. The third kappa shape index (κ3) is 28.0. The van der Waals surface area contributed by atoms with E-state index in [1.807, 2.05) is 0 Å². The summed E-state index contributed by atoms with van der Waals surface area (Å²) in [7, 11) is 0. The van der Waals surface area contributed by atoms with Crippen molar-refractivity contribution in [1.82, 2.24) is 0 Å². The first-order chi connectivity index (χ1) is 15.3. The van der Waals surface area contributed by atoms with E-state index in [2.05, 4.69) is 20.8 Å². The van der Waals surface area contributed by atoms with Crippen molar-refractivity contribution < 1.29 is 0 Å². The van der Waals surface area contributed by atoms with E-state index in [0.717, 1.165) is 12.3 Å². The van der Waals surface area contributed by atoms with Crippen molar-refractivity contribution in [1.29, 1.82) is 0 Å². The molecule has 0 aromatic rings. The maximum absolute atomic E-state index is 3.97. The highest BCUT2D eigenvalue weighted by Crippen LogP contribution is 2.17. The molecule has 0 nitrogen and oxygen atoms in total. The van der Waals surface area contributed by atoms with Crippen LogP contribution in [0.15, 0.2) is 0 Å². The first-order valence-corrected chi connectivity index (χ1v) is 15.1. The van der Waals surface area contributed by atoms with Gasteiger partial charge in [-0.25, -0.2) is 0 Å². The van der Waals surface area contributed by atoms with Gasteiger partial charge in [0.25, 0.3) is 0 Å². The lowest BCUT2D eigenvalue weighted by Crippen LogP contribution is -1.93. The Morgan fingerprint density at radius 2 is 0.645 bits per heavy atom. The molecule has 1 atom stereocenters. The molecule has 0 bridgehead atoms. The molecule has 0 aliphatic rings. The second-order valence-electron chi connectivity index (χ2n) is 10.7. The Morgan fingerprint density at radius 1 is 0.387 bits per heavy atom. The highest BCUT2D eigenvalue weighted by Gasteiger charge is 2.00. The van der Waals surface area contributed by atoms with Gasteiger partial charge in [-0.3, -0.25) is 0 Å². The maximum Gasteiger partial charge on any atom is -0.0443 e. The van der Waals surface area contributed by atoms with Gasteiger partial charge in [-0.15, -0.1) is 0 Å². The standard InChI is InChI=1S/C31H63/c1-4-6-7-8-9-10-11-12-13-14-15-16-17-18-19-20-21-22-23-24-25-26-27-28-30-31(3)29-5-2/h31H,2,4-30H2,1,3H3. The molecular formula is C31H63. The Hall–Kier alpha value is 0. The second kappa shape index (κ2) is 28.0. The molecule has 0 saturated carbocycles. The van der Waals surface area contributed by atoms with Gasteiger partial charge in [0.1, 0.15) is 0 Å². The van der Waals surface area contributed by atoms with Crippen LogP contribution in [0.4, 0.5) is 0 Å². The Bertz CT molecular complexity index is 294. The molecule has 187 valence electrons. The van der Waals surface area contributed by atoms with Gasteiger partial charge in [0.15, 0.2) is 0 Å². The summed E-state index contributed by atoms with van der Waals surface area (Å²) in [4.78, 5) is 0. The molecule has 0 rings (SSSR count). The molecule has 0 aromatic heterocycles. The minimum absolute atomic E-state index is 0.900. The summed E-state index contributed by atoms with van der Waals surface area (Å²) in [6.45, 7) is 8.67. The third-order valence-corrected chi connectivity index (χ3v) is 7.25. The van der Waals surface area contributed by atoms with E-state index in [0.29, 0.717) is 0 Å². The van der Waals surface area contributed by atoms with Crippen LogP contribution >= 0.6 is 0 Å². The molecule has 0 N–H and O–H groups in total. The Morgan fingerprint density at radius 3 is 0.903 bits per heavy atom. The van der Waals surface area contributed by atoms with Gasteiger partial charge in [-0.05, 0) is 5.92 Å². The zero-order valence-corrected chi connectivity index (χ0v) is 22.4. The van der Waals surface area contributed by atoms with Crippen LogP contribution < -0.4 is 0 Å². The molecule has 0 aliphatic heterocycles. The van der Waals surface area contributed by atoms with Crippen LogP contribution in [0.1, 0.15) is 187 Å². The highest BCUT2D eigenvalue weighted by atomic mass is 14.1. The fourth-order valence-corrected chi connectivity index (χ4v) is 4.95. The van der Waals surface area contributed by atoms with Crippen LogP contribution in [-0.4, -0.2) is 0 Å². The molecule has 1 unspecified atom stereocenters. The fraction of sp³-hybridized carbons (Fsp3) is 0.968. The van der Waals surface area contributed by atoms with E-state index in [4.69, 9.17) is 0 Å². The Kier molecular flexibility index (Phi) is 28.0. The van der Waals surface area contributed by atoms with Gasteiger partial charge in [0.2, 0.25) is 0 Å². The molecule has 0 aromatic carbocycles.